The molecule has 0 spiro atoms. The van der Waals surface area contributed by atoms with Crippen LogP contribution in [0.25, 0.3) is 0 Å². The lowest BCUT2D eigenvalue weighted by Crippen LogP contribution is -1.93. The first-order valence-electron chi connectivity index (χ1n) is 1.89. The van der Waals surface area contributed by atoms with Crippen LogP contribution in [0.1, 0.15) is 0 Å². The van der Waals surface area contributed by atoms with E-state index in [0.29, 0.717) is 0 Å². The summed E-state index contributed by atoms with van der Waals surface area (Å²) in [4.78, 5) is 0. The van der Waals surface area contributed by atoms with Gasteiger partial charge in [0.25, 0.3) is 0 Å². The first-order valence-corrected chi connectivity index (χ1v) is 3.05. The SMILES string of the molecule is C=C.CO[SiH2]OC. The van der Waals surface area contributed by atoms with E-state index in [4.69, 9.17) is 0 Å². The molecule has 0 saturated heterocycles. The van der Waals surface area contributed by atoms with Gasteiger partial charge >= 0.3 is 10.0 Å². The van der Waals surface area contributed by atoms with Crippen molar-refractivity contribution in [2.45, 2.75) is 0 Å². The van der Waals surface area contributed by atoms with Gasteiger partial charge in [-0.05, 0) is 0 Å². The van der Waals surface area contributed by atoms with Crippen LogP contribution in [0.2, 0.25) is 0 Å². The normalized spacial score (nSPS) is 6.57. The fourth-order valence-corrected chi connectivity index (χ4v) is 0.354. The van der Waals surface area contributed by atoms with Crippen LogP contribution in [0.3, 0.4) is 0 Å². The molecule has 0 aromatic heterocycles. The fourth-order valence-electron chi connectivity index (χ4n) is 0.118. The van der Waals surface area contributed by atoms with Crippen LogP contribution in [0.4, 0.5) is 0 Å². The molecule has 0 aliphatic carbocycles. The van der Waals surface area contributed by atoms with Crippen LogP contribution in [0.5, 0.6) is 0 Å². The van der Waals surface area contributed by atoms with Crippen molar-refractivity contribution in [1.29, 1.82) is 0 Å². The van der Waals surface area contributed by atoms with Crippen molar-refractivity contribution in [3.63, 3.8) is 0 Å². The van der Waals surface area contributed by atoms with Gasteiger partial charge < -0.3 is 8.85 Å². The van der Waals surface area contributed by atoms with E-state index in [-0.39, 0.29) is 0 Å². The average Bonchev–Trinajstić information content (AvgIpc) is 1.75. The molecule has 7 heavy (non-hydrogen) atoms. The van der Waals surface area contributed by atoms with Gasteiger partial charge in [0.15, 0.2) is 0 Å². The molecule has 0 atom stereocenters. The van der Waals surface area contributed by atoms with Crippen molar-refractivity contribution in [2.24, 2.45) is 0 Å². The lowest BCUT2D eigenvalue weighted by molar-refractivity contribution is 0.309. The zero-order chi connectivity index (χ0) is 6.12. The molecular formula is C4H12O2Si. The standard InChI is InChI=1S/C2H8O2Si.C2H4/c1-3-5-4-2;1-2/h5H2,1-2H3;1-2H2. The molecule has 0 aliphatic rings. The molecule has 0 heterocycles. The van der Waals surface area contributed by atoms with E-state index in [9.17, 15) is 0 Å². The van der Waals surface area contributed by atoms with Crippen molar-refractivity contribution in [2.75, 3.05) is 14.2 Å². The summed E-state index contributed by atoms with van der Waals surface area (Å²) in [7, 11) is 2.73. The van der Waals surface area contributed by atoms with E-state index in [1.54, 1.807) is 14.2 Å². The van der Waals surface area contributed by atoms with Crippen LogP contribution in [0, 0.1) is 0 Å². The van der Waals surface area contributed by atoms with Crippen LogP contribution in [-0.2, 0) is 8.85 Å². The highest BCUT2D eigenvalue weighted by molar-refractivity contribution is 6.17. The van der Waals surface area contributed by atoms with Crippen LogP contribution in [-0.4, -0.2) is 24.2 Å². The second-order valence-electron chi connectivity index (χ2n) is 0.695. The zero-order valence-electron chi connectivity index (χ0n) is 4.94. The van der Waals surface area contributed by atoms with Crippen LogP contribution >= 0.6 is 0 Å². The van der Waals surface area contributed by atoms with E-state index >= 15 is 0 Å². The predicted molar refractivity (Wildman–Crippen MR) is 33.8 cm³/mol. The predicted octanol–water partition coefficient (Wildman–Crippen LogP) is 0.0802. The highest BCUT2D eigenvalue weighted by atomic mass is 28.3. The Morgan fingerprint density at radius 3 is 1.43 bits per heavy atom. The Bertz CT molecular complexity index is 23.7. The third-order valence-corrected chi connectivity index (χ3v) is 0.707. The van der Waals surface area contributed by atoms with Gasteiger partial charge in [0, 0.05) is 14.2 Å². The van der Waals surface area contributed by atoms with Crippen molar-refractivity contribution >= 4 is 10.0 Å². The molecule has 0 aromatic rings. The minimum absolute atomic E-state index is 0.568. The van der Waals surface area contributed by atoms with Gasteiger partial charge in [0.05, 0.1) is 0 Å². The first kappa shape index (κ1) is 9.99. The molecule has 2 nitrogen and oxygen atoms in total. The summed E-state index contributed by atoms with van der Waals surface area (Å²) in [6, 6.07) is 0. The minimum atomic E-state index is -0.568. The number of hydrogen-bond donors (Lipinski definition) is 0. The molecule has 0 N–H and O–H groups in total. The van der Waals surface area contributed by atoms with E-state index in [2.05, 4.69) is 22.0 Å². The Morgan fingerprint density at radius 1 is 1.14 bits per heavy atom. The van der Waals surface area contributed by atoms with Gasteiger partial charge in [0.1, 0.15) is 0 Å². The van der Waals surface area contributed by atoms with Gasteiger partial charge in [-0.1, -0.05) is 0 Å². The van der Waals surface area contributed by atoms with E-state index in [1.807, 2.05) is 0 Å². The Hall–Kier alpha value is -0.123. The third kappa shape index (κ3) is 25.1. The lowest BCUT2D eigenvalue weighted by Gasteiger charge is -1.86. The summed E-state index contributed by atoms with van der Waals surface area (Å²) >= 11 is 0. The second kappa shape index (κ2) is 16.9. The summed E-state index contributed by atoms with van der Waals surface area (Å²) in [6.07, 6.45) is 0. The van der Waals surface area contributed by atoms with Crippen molar-refractivity contribution < 1.29 is 8.85 Å². The monoisotopic (exact) mass is 120 g/mol. The topological polar surface area (TPSA) is 18.5 Å². The smallest absolute Gasteiger partial charge is 0.303 e. The average molecular weight is 120 g/mol. The van der Waals surface area contributed by atoms with Gasteiger partial charge in [-0.25, -0.2) is 0 Å². The molecule has 0 fully saturated rings. The highest BCUT2D eigenvalue weighted by Crippen LogP contribution is 1.55. The molecule has 0 radical (unpaired) electrons. The van der Waals surface area contributed by atoms with Crippen molar-refractivity contribution in [3.05, 3.63) is 13.2 Å². The zero-order valence-corrected chi connectivity index (χ0v) is 6.35. The Morgan fingerprint density at radius 2 is 1.43 bits per heavy atom. The summed E-state index contributed by atoms with van der Waals surface area (Å²) in [5.74, 6) is 0. The molecule has 0 aliphatic heterocycles. The quantitative estimate of drug-likeness (QED) is 0.379. The lowest BCUT2D eigenvalue weighted by atomic mass is 11.3. The Labute approximate surface area is 47.2 Å². The third-order valence-electron chi connectivity index (χ3n) is 0.236. The molecule has 0 bridgehead atoms. The molecule has 0 rings (SSSR count). The molecule has 0 amide bonds. The maximum absolute atomic E-state index is 4.61. The fraction of sp³-hybridized carbons (Fsp3) is 0.500. The van der Waals surface area contributed by atoms with Crippen LogP contribution < -0.4 is 0 Å². The van der Waals surface area contributed by atoms with E-state index in [1.165, 1.54) is 0 Å². The largest absolute Gasteiger partial charge is 0.402 e. The van der Waals surface area contributed by atoms with E-state index in [0.717, 1.165) is 0 Å². The maximum atomic E-state index is 4.61. The van der Waals surface area contributed by atoms with Gasteiger partial charge in [-0.2, -0.15) is 0 Å². The van der Waals surface area contributed by atoms with Gasteiger partial charge in [0.2, 0.25) is 0 Å². The van der Waals surface area contributed by atoms with Crippen molar-refractivity contribution in [1.82, 2.24) is 0 Å². The van der Waals surface area contributed by atoms with Gasteiger partial charge in [-0.3, -0.25) is 0 Å². The van der Waals surface area contributed by atoms with E-state index < -0.39 is 10.0 Å². The van der Waals surface area contributed by atoms with Gasteiger partial charge in [-0.15, -0.1) is 13.2 Å². The molecule has 0 aromatic carbocycles. The Balaban J connectivity index is 0. The summed E-state index contributed by atoms with van der Waals surface area (Å²) in [5.41, 5.74) is 0. The minimum Gasteiger partial charge on any atom is -0.402 e. The molecule has 0 unspecified atom stereocenters. The highest BCUT2D eigenvalue weighted by Gasteiger charge is 1.67. The second-order valence-corrected chi connectivity index (χ2v) is 2.09. The maximum Gasteiger partial charge on any atom is 0.303 e. The molecule has 44 valence electrons. The Kier molecular flexibility index (Phi) is 24.1. The van der Waals surface area contributed by atoms with Crippen molar-refractivity contribution in [3.8, 4) is 0 Å². The molecular weight excluding hydrogens is 108 g/mol. The first-order chi connectivity index (χ1) is 3.41. The molecule has 3 heteroatoms. The summed E-state index contributed by atoms with van der Waals surface area (Å²) in [6.45, 7) is 6.00. The summed E-state index contributed by atoms with van der Waals surface area (Å²) < 4.78 is 9.22. The summed E-state index contributed by atoms with van der Waals surface area (Å²) in [5, 5.41) is 0. The number of rotatable bonds is 2. The van der Waals surface area contributed by atoms with Crippen LogP contribution in [0.15, 0.2) is 13.2 Å². The number of hydrogen-bond acceptors (Lipinski definition) is 2. The molecule has 0 saturated carbocycles.